The van der Waals surface area contributed by atoms with E-state index in [1.165, 1.54) is 4.68 Å². The number of fused-ring (bicyclic) bond motifs is 1. The van der Waals surface area contributed by atoms with E-state index in [1.54, 1.807) is 39.1 Å². The average molecular weight is 349 g/mol. The lowest BCUT2D eigenvalue weighted by Crippen LogP contribution is -2.37. The summed E-state index contributed by atoms with van der Waals surface area (Å²) in [6.45, 7) is 3.64. The van der Waals surface area contributed by atoms with E-state index in [-0.39, 0.29) is 4.90 Å². The van der Waals surface area contributed by atoms with E-state index in [0.29, 0.717) is 35.7 Å². The number of aromatic nitrogens is 2. The van der Waals surface area contributed by atoms with Gasteiger partial charge in [-0.15, -0.1) is 0 Å². The molecule has 0 spiro atoms. The molecule has 7 nitrogen and oxygen atoms in total. The van der Waals surface area contributed by atoms with Gasteiger partial charge < -0.3 is 4.74 Å². The van der Waals surface area contributed by atoms with Crippen molar-refractivity contribution in [3.8, 4) is 5.75 Å². The predicted octanol–water partition coefficient (Wildman–Crippen LogP) is 1.41. The van der Waals surface area contributed by atoms with Gasteiger partial charge in [-0.1, -0.05) is 18.2 Å². The highest BCUT2D eigenvalue weighted by Crippen LogP contribution is 2.33. The first kappa shape index (κ1) is 16.5. The summed E-state index contributed by atoms with van der Waals surface area (Å²) < 4.78 is 34.5. The fourth-order valence-electron chi connectivity index (χ4n) is 3.01. The van der Waals surface area contributed by atoms with Crippen LogP contribution in [0.3, 0.4) is 0 Å². The van der Waals surface area contributed by atoms with E-state index < -0.39 is 21.8 Å². The molecular weight excluding hydrogens is 330 g/mol. The quantitative estimate of drug-likeness (QED) is 0.905. The monoisotopic (exact) mass is 349 g/mol. The van der Waals surface area contributed by atoms with Crippen LogP contribution in [0.1, 0.15) is 29.3 Å². The van der Waals surface area contributed by atoms with E-state index in [9.17, 15) is 13.2 Å². The van der Waals surface area contributed by atoms with Crippen molar-refractivity contribution in [2.45, 2.75) is 31.1 Å². The standard InChI is InChI=1S/C16H19N3O4S/c1-10-15(11(2)19(3)17-10)24(21,22)18-16(20)13-8-9-23-14-7-5-4-6-12(13)14/h4-7,13H,8-9H2,1-3H3,(H,18,20)/t13-/m0/s1. The van der Waals surface area contributed by atoms with Gasteiger partial charge in [-0.05, 0) is 26.3 Å². The zero-order chi connectivity index (χ0) is 17.5. The zero-order valence-corrected chi connectivity index (χ0v) is 14.6. The van der Waals surface area contributed by atoms with Gasteiger partial charge in [-0.3, -0.25) is 9.48 Å². The molecule has 1 amide bonds. The lowest BCUT2D eigenvalue weighted by atomic mass is 9.93. The van der Waals surface area contributed by atoms with Crippen LogP contribution in [0.25, 0.3) is 0 Å². The summed E-state index contributed by atoms with van der Waals surface area (Å²) >= 11 is 0. The summed E-state index contributed by atoms with van der Waals surface area (Å²) in [6, 6.07) is 7.18. The number of carbonyl (C=O) groups excluding carboxylic acids is 1. The number of para-hydroxylation sites is 1. The molecule has 0 radical (unpaired) electrons. The van der Waals surface area contributed by atoms with Crippen LogP contribution < -0.4 is 9.46 Å². The zero-order valence-electron chi connectivity index (χ0n) is 13.7. The Hall–Kier alpha value is -2.35. The summed E-state index contributed by atoms with van der Waals surface area (Å²) in [5, 5.41) is 4.10. The number of aryl methyl sites for hydroxylation is 2. The van der Waals surface area contributed by atoms with E-state index >= 15 is 0 Å². The van der Waals surface area contributed by atoms with Gasteiger partial charge in [0.1, 0.15) is 10.6 Å². The molecule has 128 valence electrons. The highest BCUT2D eigenvalue weighted by atomic mass is 32.2. The third-order valence-electron chi connectivity index (χ3n) is 4.22. The molecule has 0 unspecified atom stereocenters. The maximum Gasteiger partial charge on any atom is 0.267 e. The molecule has 2 aromatic rings. The number of rotatable bonds is 3. The molecular formula is C16H19N3O4S. The molecule has 1 aromatic carbocycles. The second kappa shape index (κ2) is 5.94. The summed E-state index contributed by atoms with van der Waals surface area (Å²) in [5.41, 5.74) is 1.55. The number of sulfonamides is 1. The van der Waals surface area contributed by atoms with Gasteiger partial charge in [-0.25, -0.2) is 13.1 Å². The number of benzene rings is 1. The van der Waals surface area contributed by atoms with Crippen molar-refractivity contribution in [2.24, 2.45) is 7.05 Å². The Labute approximate surface area is 140 Å². The number of hydrogen-bond acceptors (Lipinski definition) is 5. The second-order valence-electron chi connectivity index (χ2n) is 5.82. The van der Waals surface area contributed by atoms with Crippen LogP contribution >= 0.6 is 0 Å². The lowest BCUT2D eigenvalue weighted by Gasteiger charge is -2.24. The number of ether oxygens (including phenoxy) is 1. The molecule has 8 heteroatoms. The Balaban J connectivity index is 1.90. The molecule has 3 rings (SSSR count). The Bertz CT molecular complexity index is 902. The molecule has 0 saturated carbocycles. The SMILES string of the molecule is Cc1nn(C)c(C)c1S(=O)(=O)NC(=O)[C@H]1CCOc2ccccc21. The summed E-state index contributed by atoms with van der Waals surface area (Å²) in [4.78, 5) is 12.7. The molecule has 1 aliphatic heterocycles. The smallest absolute Gasteiger partial charge is 0.267 e. The average Bonchev–Trinajstić information content (AvgIpc) is 2.79. The predicted molar refractivity (Wildman–Crippen MR) is 87.3 cm³/mol. The molecule has 2 heterocycles. The third kappa shape index (κ3) is 2.77. The molecule has 0 bridgehead atoms. The minimum Gasteiger partial charge on any atom is -0.493 e. The van der Waals surface area contributed by atoms with Gasteiger partial charge in [0.05, 0.1) is 23.9 Å². The van der Waals surface area contributed by atoms with Crippen molar-refractivity contribution in [1.82, 2.24) is 14.5 Å². The summed E-state index contributed by atoms with van der Waals surface area (Å²) in [6.07, 6.45) is 0.434. The number of nitrogens with one attached hydrogen (secondary N) is 1. The number of hydrogen-bond donors (Lipinski definition) is 1. The summed E-state index contributed by atoms with van der Waals surface area (Å²) in [5.74, 6) is -0.481. The van der Waals surface area contributed by atoms with Crippen LogP contribution in [-0.2, 0) is 21.9 Å². The van der Waals surface area contributed by atoms with Gasteiger partial charge in [0, 0.05) is 12.6 Å². The third-order valence-corrected chi connectivity index (χ3v) is 5.82. The molecule has 1 atom stereocenters. The first-order chi connectivity index (χ1) is 11.3. The molecule has 0 saturated heterocycles. The molecule has 1 N–H and O–H groups in total. The van der Waals surface area contributed by atoms with Crippen LogP contribution in [0.5, 0.6) is 5.75 Å². The van der Waals surface area contributed by atoms with Gasteiger partial charge in [0.2, 0.25) is 5.91 Å². The van der Waals surface area contributed by atoms with Crippen LogP contribution in [-0.4, -0.2) is 30.7 Å². The van der Waals surface area contributed by atoms with Crippen LogP contribution in [0.4, 0.5) is 0 Å². The van der Waals surface area contributed by atoms with Gasteiger partial charge in [0.25, 0.3) is 10.0 Å². The summed E-state index contributed by atoms with van der Waals surface area (Å²) in [7, 11) is -2.31. The minimum absolute atomic E-state index is 0.0543. The van der Waals surface area contributed by atoms with E-state index in [4.69, 9.17) is 4.74 Å². The molecule has 24 heavy (non-hydrogen) atoms. The first-order valence-electron chi connectivity index (χ1n) is 7.60. The fourth-order valence-corrected chi connectivity index (χ4v) is 4.47. The number of carbonyl (C=O) groups is 1. The van der Waals surface area contributed by atoms with E-state index in [1.807, 2.05) is 6.07 Å². The molecule has 0 aliphatic carbocycles. The second-order valence-corrected chi connectivity index (χ2v) is 7.44. The highest BCUT2D eigenvalue weighted by Gasteiger charge is 2.32. The van der Waals surface area contributed by atoms with E-state index in [2.05, 4.69) is 9.82 Å². The Morgan fingerprint density at radius 1 is 1.33 bits per heavy atom. The van der Waals surface area contributed by atoms with Crippen LogP contribution in [0.2, 0.25) is 0 Å². The van der Waals surface area contributed by atoms with Crippen molar-refractivity contribution in [3.05, 3.63) is 41.2 Å². The van der Waals surface area contributed by atoms with Crippen molar-refractivity contribution in [2.75, 3.05) is 6.61 Å². The van der Waals surface area contributed by atoms with E-state index in [0.717, 1.165) is 0 Å². The Kier molecular flexibility index (Phi) is 4.08. The number of nitrogens with zero attached hydrogens (tertiary/aromatic N) is 2. The van der Waals surface area contributed by atoms with Crippen molar-refractivity contribution in [3.63, 3.8) is 0 Å². The lowest BCUT2D eigenvalue weighted by molar-refractivity contribution is -0.121. The normalized spacial score (nSPS) is 17.0. The first-order valence-corrected chi connectivity index (χ1v) is 9.08. The highest BCUT2D eigenvalue weighted by molar-refractivity contribution is 7.90. The Morgan fingerprint density at radius 3 is 2.71 bits per heavy atom. The van der Waals surface area contributed by atoms with Gasteiger partial charge in [-0.2, -0.15) is 5.10 Å². The topological polar surface area (TPSA) is 90.3 Å². The van der Waals surface area contributed by atoms with Crippen molar-refractivity contribution >= 4 is 15.9 Å². The Morgan fingerprint density at radius 2 is 2.04 bits per heavy atom. The van der Waals surface area contributed by atoms with Crippen LogP contribution in [0, 0.1) is 13.8 Å². The van der Waals surface area contributed by atoms with Crippen molar-refractivity contribution < 1.29 is 17.9 Å². The largest absolute Gasteiger partial charge is 0.493 e. The van der Waals surface area contributed by atoms with Crippen molar-refractivity contribution in [1.29, 1.82) is 0 Å². The maximum absolute atomic E-state index is 12.6. The molecule has 1 aliphatic rings. The van der Waals surface area contributed by atoms with Gasteiger partial charge in [0.15, 0.2) is 0 Å². The van der Waals surface area contributed by atoms with Gasteiger partial charge >= 0.3 is 0 Å². The maximum atomic E-state index is 12.6. The van der Waals surface area contributed by atoms with Crippen LogP contribution in [0.15, 0.2) is 29.2 Å². The minimum atomic E-state index is -3.98. The number of amides is 1. The molecule has 0 fully saturated rings. The fraction of sp³-hybridized carbons (Fsp3) is 0.375. The molecule has 1 aromatic heterocycles.